The molecule has 0 radical (unpaired) electrons. The average molecular weight is 375 g/mol. The fraction of sp³-hybridized carbons (Fsp3) is 0.500. The number of nitrogens with zero attached hydrogens (tertiary/aromatic N) is 3. The second-order valence-electron chi connectivity index (χ2n) is 7.06. The second-order valence-corrected chi connectivity index (χ2v) is 7.06. The molecule has 1 aliphatic heterocycles. The van der Waals surface area contributed by atoms with Crippen LogP contribution < -0.4 is 11.5 Å². The molecular formula is C18H25N5O4. The maximum atomic E-state index is 12.3. The van der Waals surface area contributed by atoms with Crippen molar-refractivity contribution in [1.29, 1.82) is 0 Å². The van der Waals surface area contributed by atoms with Gasteiger partial charge >= 0.3 is 0 Å². The fourth-order valence-electron chi connectivity index (χ4n) is 3.42. The molecule has 1 aliphatic rings. The first-order valence-electron chi connectivity index (χ1n) is 8.98. The molecule has 3 heterocycles. The van der Waals surface area contributed by atoms with E-state index in [1.165, 1.54) is 11.0 Å². The Hall–Kier alpha value is -2.49. The van der Waals surface area contributed by atoms with Crippen LogP contribution in [0, 0.1) is 0 Å². The summed E-state index contributed by atoms with van der Waals surface area (Å²) in [5, 5.41) is 22.1. The summed E-state index contributed by atoms with van der Waals surface area (Å²) in [7, 11) is 0. The van der Waals surface area contributed by atoms with Gasteiger partial charge in [0.1, 0.15) is 23.0 Å². The third kappa shape index (κ3) is 3.95. The van der Waals surface area contributed by atoms with Crippen molar-refractivity contribution in [1.82, 2.24) is 14.5 Å². The summed E-state index contributed by atoms with van der Waals surface area (Å²) in [6.45, 7) is 0.683. The molecule has 1 saturated heterocycles. The Morgan fingerprint density at radius 3 is 2.78 bits per heavy atom. The highest BCUT2D eigenvalue weighted by atomic mass is 16.3. The first kappa shape index (κ1) is 19.3. The zero-order valence-electron chi connectivity index (χ0n) is 15.0. The first-order valence-corrected chi connectivity index (χ1v) is 8.98. The molecule has 27 heavy (non-hydrogen) atoms. The van der Waals surface area contributed by atoms with E-state index in [2.05, 4.69) is 4.98 Å². The Morgan fingerprint density at radius 1 is 1.30 bits per heavy atom. The summed E-state index contributed by atoms with van der Waals surface area (Å²) in [6.07, 6.45) is 2.43. The molecular weight excluding hydrogens is 350 g/mol. The molecule has 146 valence electrons. The van der Waals surface area contributed by atoms with Gasteiger partial charge in [-0.05, 0) is 37.6 Å². The number of likely N-dealkylation sites (tertiary alicyclic amines) is 1. The number of carbonyl (C=O) groups is 2. The van der Waals surface area contributed by atoms with Gasteiger partial charge in [0.05, 0.1) is 13.1 Å². The van der Waals surface area contributed by atoms with Crippen LogP contribution in [0.15, 0.2) is 24.4 Å². The van der Waals surface area contributed by atoms with E-state index in [9.17, 15) is 19.8 Å². The summed E-state index contributed by atoms with van der Waals surface area (Å²) >= 11 is 0. The van der Waals surface area contributed by atoms with Gasteiger partial charge in [0.15, 0.2) is 0 Å². The fourth-order valence-corrected chi connectivity index (χ4v) is 3.42. The minimum absolute atomic E-state index is 0.0325. The number of hydrogen-bond donors (Lipinski definition) is 4. The molecule has 2 atom stereocenters. The van der Waals surface area contributed by atoms with E-state index in [4.69, 9.17) is 11.5 Å². The number of rotatable bonds is 7. The maximum absolute atomic E-state index is 12.3. The topological polar surface area (TPSA) is 148 Å². The minimum Gasteiger partial charge on any atom is -0.388 e. The lowest BCUT2D eigenvalue weighted by molar-refractivity contribution is -0.131. The molecule has 6 N–H and O–H groups in total. The van der Waals surface area contributed by atoms with Crippen molar-refractivity contribution in [3.63, 3.8) is 0 Å². The van der Waals surface area contributed by atoms with Crippen LogP contribution in [0.2, 0.25) is 0 Å². The second kappa shape index (κ2) is 7.63. The predicted molar refractivity (Wildman–Crippen MR) is 98.7 cm³/mol. The molecule has 0 unspecified atom stereocenters. The lowest BCUT2D eigenvalue weighted by Crippen LogP contribution is -2.45. The quantitative estimate of drug-likeness (QED) is 0.466. The monoisotopic (exact) mass is 375 g/mol. The Balaban J connectivity index is 1.76. The lowest BCUT2D eigenvalue weighted by Gasteiger charge is -2.26. The number of carbonyl (C=O) groups excluding carboxylic acids is 2. The summed E-state index contributed by atoms with van der Waals surface area (Å²) in [6, 6.07) is 5.06. The van der Waals surface area contributed by atoms with Crippen molar-refractivity contribution in [3.8, 4) is 0 Å². The molecule has 3 rings (SSSR count). The van der Waals surface area contributed by atoms with Gasteiger partial charge in [-0.15, -0.1) is 0 Å². The number of fused-ring (bicyclic) bond motifs is 1. The van der Waals surface area contributed by atoms with Crippen molar-refractivity contribution in [3.05, 3.63) is 30.1 Å². The van der Waals surface area contributed by atoms with E-state index in [1.54, 1.807) is 22.9 Å². The molecule has 9 heteroatoms. The van der Waals surface area contributed by atoms with Crippen LogP contribution in [-0.4, -0.2) is 67.8 Å². The average Bonchev–Trinajstić information content (AvgIpc) is 3.16. The number of nitrogens with two attached hydrogens (primary N) is 2. The summed E-state index contributed by atoms with van der Waals surface area (Å²) in [5.41, 5.74) is 9.83. The van der Waals surface area contributed by atoms with Crippen molar-refractivity contribution in [2.75, 3.05) is 19.6 Å². The number of pyridine rings is 1. The van der Waals surface area contributed by atoms with Gasteiger partial charge in [-0.25, -0.2) is 4.98 Å². The molecule has 0 aliphatic carbocycles. The third-order valence-electron chi connectivity index (χ3n) is 4.98. The van der Waals surface area contributed by atoms with Crippen molar-refractivity contribution < 1.29 is 19.8 Å². The summed E-state index contributed by atoms with van der Waals surface area (Å²) < 4.78 is 1.66. The van der Waals surface area contributed by atoms with Gasteiger partial charge in [-0.1, -0.05) is 0 Å². The van der Waals surface area contributed by atoms with Crippen LogP contribution in [0.25, 0.3) is 11.0 Å². The van der Waals surface area contributed by atoms with Crippen LogP contribution in [0.5, 0.6) is 0 Å². The normalized spacial score (nSPS) is 22.5. The Labute approximate surface area is 156 Å². The van der Waals surface area contributed by atoms with Gasteiger partial charge in [0.25, 0.3) is 5.91 Å². The molecule has 2 amide bonds. The SMILES string of the molecule is NCCCCC(=O)N1C[C@H](O)[C@@](O)(Cn2ccc3ccc(C(N)=O)nc32)C1. The zero-order chi connectivity index (χ0) is 19.6. The van der Waals surface area contributed by atoms with E-state index >= 15 is 0 Å². The first-order chi connectivity index (χ1) is 12.8. The van der Waals surface area contributed by atoms with Crippen LogP contribution in [-0.2, 0) is 11.3 Å². The maximum Gasteiger partial charge on any atom is 0.267 e. The number of primary amides is 1. The highest BCUT2D eigenvalue weighted by Gasteiger charge is 2.46. The Kier molecular flexibility index (Phi) is 5.45. The largest absolute Gasteiger partial charge is 0.388 e. The molecule has 0 aromatic carbocycles. The van der Waals surface area contributed by atoms with Crippen LogP contribution in [0.1, 0.15) is 29.8 Å². The Morgan fingerprint density at radius 2 is 2.07 bits per heavy atom. The van der Waals surface area contributed by atoms with E-state index in [0.717, 1.165) is 11.8 Å². The lowest BCUT2D eigenvalue weighted by atomic mass is 10.0. The molecule has 2 aromatic heterocycles. The van der Waals surface area contributed by atoms with Gasteiger partial charge in [0, 0.05) is 24.5 Å². The van der Waals surface area contributed by atoms with Gasteiger partial charge in [-0.3, -0.25) is 9.59 Å². The van der Waals surface area contributed by atoms with E-state index in [0.29, 0.717) is 25.0 Å². The zero-order valence-corrected chi connectivity index (χ0v) is 15.0. The number of unbranched alkanes of at least 4 members (excludes halogenated alkanes) is 1. The highest BCUT2D eigenvalue weighted by Crippen LogP contribution is 2.27. The molecule has 9 nitrogen and oxygen atoms in total. The number of β-amino-alcohol motifs (C(OH)–C–C–N with tert-alkyl or cyclic N) is 2. The van der Waals surface area contributed by atoms with Gasteiger partial charge in [-0.2, -0.15) is 0 Å². The third-order valence-corrected chi connectivity index (χ3v) is 4.98. The Bertz CT molecular complexity index is 851. The highest BCUT2D eigenvalue weighted by molar-refractivity contribution is 5.93. The van der Waals surface area contributed by atoms with Gasteiger partial charge in [0.2, 0.25) is 5.91 Å². The van der Waals surface area contributed by atoms with Gasteiger partial charge < -0.3 is 31.1 Å². The number of aliphatic hydroxyl groups is 2. The molecule has 0 spiro atoms. The minimum atomic E-state index is -1.50. The van der Waals surface area contributed by atoms with Crippen molar-refractivity contribution in [2.24, 2.45) is 11.5 Å². The van der Waals surface area contributed by atoms with Crippen LogP contribution in [0.3, 0.4) is 0 Å². The number of aliphatic hydroxyl groups excluding tert-OH is 1. The van der Waals surface area contributed by atoms with Crippen molar-refractivity contribution in [2.45, 2.75) is 37.5 Å². The van der Waals surface area contributed by atoms with E-state index in [-0.39, 0.29) is 31.2 Å². The smallest absolute Gasteiger partial charge is 0.267 e. The molecule has 2 aromatic rings. The summed E-state index contributed by atoms with van der Waals surface area (Å²) in [5.74, 6) is -0.747. The van der Waals surface area contributed by atoms with Crippen molar-refractivity contribution >= 4 is 22.8 Å². The molecule has 0 bridgehead atoms. The standard InChI is InChI=1S/C18H25N5O4/c19-7-2-1-3-15(25)23-9-14(24)18(27,11-23)10-22-8-6-12-4-5-13(16(20)26)21-17(12)22/h4-6,8,14,24,27H,1-3,7,9-11,19H2,(H2,20,26)/t14-,18+/m0/s1. The van der Waals surface area contributed by atoms with E-state index < -0.39 is 17.6 Å². The van der Waals surface area contributed by atoms with Crippen LogP contribution >= 0.6 is 0 Å². The summed E-state index contributed by atoms with van der Waals surface area (Å²) in [4.78, 5) is 29.4. The molecule has 1 fully saturated rings. The number of hydrogen-bond acceptors (Lipinski definition) is 6. The predicted octanol–water partition coefficient (Wildman–Crippen LogP) is -0.802. The number of amides is 2. The molecule has 0 saturated carbocycles. The number of aromatic nitrogens is 2. The van der Waals surface area contributed by atoms with E-state index in [1.807, 2.05) is 0 Å². The van der Waals surface area contributed by atoms with Crippen LogP contribution in [0.4, 0.5) is 0 Å².